The first-order valence-corrected chi connectivity index (χ1v) is 6.77. The Labute approximate surface area is 128 Å². The largest absolute Gasteiger partial charge is 0.496 e. The molecule has 6 heteroatoms. The number of pyridine rings is 1. The molecule has 2 rings (SSSR count). The molecule has 0 aliphatic carbocycles. The van der Waals surface area contributed by atoms with Crippen LogP contribution in [0.3, 0.4) is 0 Å². The Balaban J connectivity index is 2.07. The normalized spacial score (nSPS) is 10.0. The molecular formula is C15H16ClN3O2. The zero-order chi connectivity index (χ0) is 15.2. The van der Waals surface area contributed by atoms with Crippen molar-refractivity contribution in [3.05, 3.63) is 52.8 Å². The SMILES string of the molecule is CNc1ccc(C(=O)NCc2c(Cl)cccc2OC)nc1. The summed E-state index contributed by atoms with van der Waals surface area (Å²) in [4.78, 5) is 16.1. The average Bonchev–Trinajstić information content (AvgIpc) is 2.53. The van der Waals surface area contributed by atoms with Crippen LogP contribution in [-0.4, -0.2) is 25.0 Å². The van der Waals surface area contributed by atoms with E-state index in [0.29, 0.717) is 16.5 Å². The van der Waals surface area contributed by atoms with Gasteiger partial charge in [-0.3, -0.25) is 4.79 Å². The number of halogens is 1. The van der Waals surface area contributed by atoms with E-state index < -0.39 is 0 Å². The zero-order valence-electron chi connectivity index (χ0n) is 11.8. The summed E-state index contributed by atoms with van der Waals surface area (Å²) in [5.41, 5.74) is 1.93. The molecule has 2 aromatic rings. The number of amides is 1. The lowest BCUT2D eigenvalue weighted by molar-refractivity contribution is 0.0946. The summed E-state index contributed by atoms with van der Waals surface area (Å²) in [6.07, 6.45) is 1.60. The summed E-state index contributed by atoms with van der Waals surface area (Å²) in [5, 5.41) is 6.28. The summed E-state index contributed by atoms with van der Waals surface area (Å²) in [6, 6.07) is 8.80. The van der Waals surface area contributed by atoms with E-state index >= 15 is 0 Å². The molecule has 0 spiro atoms. The Kier molecular flexibility index (Phi) is 5.00. The molecule has 1 aromatic carbocycles. The highest BCUT2D eigenvalue weighted by Gasteiger charge is 2.11. The number of nitrogens with one attached hydrogen (secondary N) is 2. The number of aromatic nitrogens is 1. The predicted molar refractivity (Wildman–Crippen MR) is 83.0 cm³/mol. The van der Waals surface area contributed by atoms with Crippen LogP contribution in [0.4, 0.5) is 5.69 Å². The summed E-state index contributed by atoms with van der Waals surface area (Å²) >= 11 is 6.12. The van der Waals surface area contributed by atoms with Crippen LogP contribution in [0, 0.1) is 0 Å². The van der Waals surface area contributed by atoms with Crippen molar-refractivity contribution in [3.8, 4) is 5.75 Å². The molecule has 5 nitrogen and oxygen atoms in total. The Bertz CT molecular complexity index is 629. The first-order valence-electron chi connectivity index (χ1n) is 6.39. The highest BCUT2D eigenvalue weighted by molar-refractivity contribution is 6.31. The fourth-order valence-corrected chi connectivity index (χ4v) is 2.07. The van der Waals surface area contributed by atoms with Crippen molar-refractivity contribution >= 4 is 23.2 Å². The maximum atomic E-state index is 12.1. The van der Waals surface area contributed by atoms with Crippen molar-refractivity contribution in [2.45, 2.75) is 6.54 Å². The maximum absolute atomic E-state index is 12.1. The van der Waals surface area contributed by atoms with Crippen LogP contribution in [0.15, 0.2) is 36.5 Å². The van der Waals surface area contributed by atoms with Gasteiger partial charge in [0.05, 0.1) is 19.0 Å². The number of rotatable bonds is 5. The highest BCUT2D eigenvalue weighted by atomic mass is 35.5. The van der Waals surface area contributed by atoms with Gasteiger partial charge in [-0.25, -0.2) is 4.98 Å². The van der Waals surface area contributed by atoms with Gasteiger partial charge >= 0.3 is 0 Å². The number of carbonyl (C=O) groups is 1. The summed E-state index contributed by atoms with van der Waals surface area (Å²) in [5.74, 6) is 0.376. The third kappa shape index (κ3) is 3.64. The fourth-order valence-electron chi connectivity index (χ4n) is 1.84. The molecule has 0 saturated carbocycles. The molecule has 0 aliphatic rings. The molecule has 21 heavy (non-hydrogen) atoms. The zero-order valence-corrected chi connectivity index (χ0v) is 12.6. The molecule has 0 atom stereocenters. The summed E-state index contributed by atoms with van der Waals surface area (Å²) in [7, 11) is 3.36. The van der Waals surface area contributed by atoms with Crippen molar-refractivity contribution in [1.82, 2.24) is 10.3 Å². The average molecular weight is 306 g/mol. The van der Waals surface area contributed by atoms with Gasteiger partial charge in [-0.05, 0) is 24.3 Å². The minimum absolute atomic E-state index is 0.264. The van der Waals surface area contributed by atoms with E-state index in [1.54, 1.807) is 50.7 Å². The van der Waals surface area contributed by atoms with E-state index in [-0.39, 0.29) is 12.5 Å². The third-order valence-corrected chi connectivity index (χ3v) is 3.36. The van der Waals surface area contributed by atoms with Gasteiger partial charge in [-0.1, -0.05) is 17.7 Å². The second-order valence-corrected chi connectivity index (χ2v) is 4.69. The molecule has 0 saturated heterocycles. The van der Waals surface area contributed by atoms with Crippen LogP contribution in [0.2, 0.25) is 5.02 Å². The number of methoxy groups -OCH3 is 1. The number of benzene rings is 1. The fraction of sp³-hybridized carbons (Fsp3) is 0.200. The predicted octanol–water partition coefficient (Wildman–Crippen LogP) is 2.72. The summed E-state index contributed by atoms with van der Waals surface area (Å²) < 4.78 is 5.23. The van der Waals surface area contributed by atoms with Crippen LogP contribution < -0.4 is 15.4 Å². The van der Waals surface area contributed by atoms with Gasteiger partial charge in [-0.15, -0.1) is 0 Å². The first kappa shape index (κ1) is 15.1. The highest BCUT2D eigenvalue weighted by Crippen LogP contribution is 2.25. The number of anilines is 1. The molecule has 0 unspecified atom stereocenters. The van der Waals surface area contributed by atoms with E-state index in [1.807, 2.05) is 0 Å². The number of hydrogen-bond donors (Lipinski definition) is 2. The van der Waals surface area contributed by atoms with Crippen LogP contribution in [0.25, 0.3) is 0 Å². The minimum Gasteiger partial charge on any atom is -0.496 e. The van der Waals surface area contributed by atoms with Gasteiger partial charge in [0, 0.05) is 24.2 Å². The van der Waals surface area contributed by atoms with Crippen LogP contribution in [0.5, 0.6) is 5.75 Å². The Morgan fingerprint density at radius 2 is 2.14 bits per heavy atom. The van der Waals surface area contributed by atoms with E-state index in [1.165, 1.54) is 0 Å². The first-order chi connectivity index (χ1) is 10.2. The Morgan fingerprint density at radius 3 is 2.76 bits per heavy atom. The lowest BCUT2D eigenvalue weighted by Gasteiger charge is -2.11. The number of nitrogens with zero attached hydrogens (tertiary/aromatic N) is 1. The molecule has 0 fully saturated rings. The van der Waals surface area contributed by atoms with E-state index in [9.17, 15) is 4.79 Å². The number of ether oxygens (including phenoxy) is 1. The second-order valence-electron chi connectivity index (χ2n) is 4.29. The van der Waals surface area contributed by atoms with Gasteiger partial charge < -0.3 is 15.4 Å². The van der Waals surface area contributed by atoms with E-state index in [4.69, 9.17) is 16.3 Å². The monoisotopic (exact) mass is 305 g/mol. The Hall–Kier alpha value is -2.27. The molecule has 0 radical (unpaired) electrons. The van der Waals surface area contributed by atoms with Crippen molar-refractivity contribution in [2.24, 2.45) is 0 Å². The molecular weight excluding hydrogens is 290 g/mol. The van der Waals surface area contributed by atoms with Crippen molar-refractivity contribution < 1.29 is 9.53 Å². The number of carbonyl (C=O) groups excluding carboxylic acids is 1. The third-order valence-electron chi connectivity index (χ3n) is 3.01. The van der Waals surface area contributed by atoms with E-state index in [0.717, 1.165) is 11.3 Å². The van der Waals surface area contributed by atoms with Crippen LogP contribution in [0.1, 0.15) is 16.1 Å². The molecule has 1 aromatic heterocycles. The quantitative estimate of drug-likeness (QED) is 0.891. The van der Waals surface area contributed by atoms with Crippen LogP contribution in [-0.2, 0) is 6.54 Å². The standard InChI is InChI=1S/C15H16ClN3O2/c1-17-10-6-7-13(18-8-10)15(20)19-9-11-12(16)4-3-5-14(11)21-2/h3-8,17H,9H2,1-2H3,(H,19,20). The van der Waals surface area contributed by atoms with Gasteiger partial charge in [-0.2, -0.15) is 0 Å². The van der Waals surface area contributed by atoms with Gasteiger partial charge in [0.15, 0.2) is 0 Å². The molecule has 0 aliphatic heterocycles. The lowest BCUT2D eigenvalue weighted by atomic mass is 10.2. The molecule has 2 N–H and O–H groups in total. The molecule has 1 amide bonds. The van der Waals surface area contributed by atoms with Gasteiger partial charge in [0.2, 0.25) is 0 Å². The lowest BCUT2D eigenvalue weighted by Crippen LogP contribution is -2.24. The van der Waals surface area contributed by atoms with Gasteiger partial charge in [0.1, 0.15) is 11.4 Å². The molecule has 110 valence electrons. The smallest absolute Gasteiger partial charge is 0.270 e. The molecule has 1 heterocycles. The minimum atomic E-state index is -0.264. The van der Waals surface area contributed by atoms with Crippen molar-refractivity contribution in [3.63, 3.8) is 0 Å². The van der Waals surface area contributed by atoms with Crippen LogP contribution >= 0.6 is 11.6 Å². The van der Waals surface area contributed by atoms with Gasteiger partial charge in [0.25, 0.3) is 5.91 Å². The number of hydrogen-bond acceptors (Lipinski definition) is 4. The maximum Gasteiger partial charge on any atom is 0.270 e. The van der Waals surface area contributed by atoms with Crippen molar-refractivity contribution in [1.29, 1.82) is 0 Å². The van der Waals surface area contributed by atoms with Crippen molar-refractivity contribution in [2.75, 3.05) is 19.5 Å². The molecule has 0 bridgehead atoms. The van der Waals surface area contributed by atoms with E-state index in [2.05, 4.69) is 15.6 Å². The Morgan fingerprint density at radius 1 is 1.33 bits per heavy atom. The summed E-state index contributed by atoms with van der Waals surface area (Å²) in [6.45, 7) is 0.275. The topological polar surface area (TPSA) is 63.2 Å². The second kappa shape index (κ2) is 6.95.